The molecule has 0 atom stereocenters. The van der Waals surface area contributed by atoms with Crippen LogP contribution >= 0.6 is 0 Å². The van der Waals surface area contributed by atoms with Gasteiger partial charge in [0.2, 0.25) is 0 Å². The number of nitrogens with one attached hydrogen (secondary N) is 4. The number of rotatable bonds is 4. The molecule has 14 heteroatoms. The number of ether oxygens (including phenoxy) is 2. The van der Waals surface area contributed by atoms with Crippen LogP contribution in [0.1, 0.15) is 0 Å². The molecule has 2 aromatic heterocycles. The predicted molar refractivity (Wildman–Crippen MR) is 72.1 cm³/mol. The van der Waals surface area contributed by atoms with Gasteiger partial charge in [0.05, 0.1) is 12.4 Å². The van der Waals surface area contributed by atoms with Crippen molar-refractivity contribution < 1.29 is 28.7 Å². The monoisotopic (exact) mass is 336 g/mol. The fourth-order valence-corrected chi connectivity index (χ4v) is 1.17. The van der Waals surface area contributed by atoms with E-state index in [4.69, 9.17) is 0 Å². The second-order valence-corrected chi connectivity index (χ2v) is 3.71. The van der Waals surface area contributed by atoms with E-state index in [2.05, 4.69) is 50.9 Å². The molecule has 4 N–H and O–H groups in total. The van der Waals surface area contributed by atoms with E-state index in [0.717, 1.165) is 0 Å². The molecule has 0 unspecified atom stereocenters. The maximum absolute atomic E-state index is 11.3. The molecule has 0 saturated heterocycles. The standard InChI is InChI=1S/C10H8N8O6/c19-7(23-9(21)13-5-3-11-17-15-5)1-2-8(20)24-10(22)14-6-4-12-18-16-6/h1-4H,(H2,11,13,15,17,21)(H2,12,14,16,18,22)/b2-1-. The Kier molecular flexibility index (Phi) is 5.28. The minimum atomic E-state index is -1.18. The molecule has 0 radical (unpaired) electrons. The minimum absolute atomic E-state index is 0.0284. The molecule has 2 amide bonds. The molecular weight excluding hydrogens is 328 g/mol. The highest BCUT2D eigenvalue weighted by Crippen LogP contribution is 1.99. The molecule has 0 aromatic carbocycles. The summed E-state index contributed by atoms with van der Waals surface area (Å²) in [6.07, 6.45) is 1.24. The van der Waals surface area contributed by atoms with Gasteiger partial charge < -0.3 is 9.47 Å². The maximum atomic E-state index is 11.3. The van der Waals surface area contributed by atoms with Gasteiger partial charge in [-0.2, -0.15) is 20.6 Å². The summed E-state index contributed by atoms with van der Waals surface area (Å²) in [5.74, 6) is -2.30. The van der Waals surface area contributed by atoms with Gasteiger partial charge in [-0.15, -0.1) is 10.2 Å². The van der Waals surface area contributed by atoms with Gasteiger partial charge in [-0.3, -0.25) is 10.6 Å². The van der Waals surface area contributed by atoms with Gasteiger partial charge >= 0.3 is 24.1 Å². The molecule has 0 aliphatic carbocycles. The SMILES string of the molecule is O=C(/C=C\C(=O)OC(=O)Nc1cn[nH]n1)OC(=O)Nc1cn[nH]n1. The van der Waals surface area contributed by atoms with Crippen LogP contribution in [0.25, 0.3) is 0 Å². The summed E-state index contributed by atoms with van der Waals surface area (Å²) >= 11 is 0. The van der Waals surface area contributed by atoms with Crippen molar-refractivity contribution in [2.24, 2.45) is 0 Å². The van der Waals surface area contributed by atoms with Crippen molar-refractivity contribution in [3.05, 3.63) is 24.5 Å². The molecule has 2 rings (SSSR count). The Morgan fingerprint density at radius 2 is 1.25 bits per heavy atom. The fourth-order valence-electron chi connectivity index (χ4n) is 1.17. The molecule has 0 saturated carbocycles. The molecule has 0 spiro atoms. The first-order valence-electron chi connectivity index (χ1n) is 5.98. The van der Waals surface area contributed by atoms with Gasteiger partial charge in [-0.05, 0) is 0 Å². The topological polar surface area (TPSA) is 194 Å². The summed E-state index contributed by atoms with van der Waals surface area (Å²) in [7, 11) is 0. The number of hydrogen-bond donors (Lipinski definition) is 4. The molecule has 14 nitrogen and oxygen atoms in total. The van der Waals surface area contributed by atoms with Gasteiger partial charge in [0.1, 0.15) is 0 Å². The third kappa shape index (κ3) is 5.35. The Bertz CT molecular complexity index is 688. The zero-order valence-electron chi connectivity index (χ0n) is 11.5. The summed E-state index contributed by atoms with van der Waals surface area (Å²) < 4.78 is 8.55. The van der Waals surface area contributed by atoms with E-state index in [9.17, 15) is 19.2 Å². The summed E-state index contributed by atoms with van der Waals surface area (Å²) in [5, 5.41) is 22.4. The lowest BCUT2D eigenvalue weighted by Crippen LogP contribution is -2.19. The normalized spacial score (nSPS) is 10.2. The summed E-state index contributed by atoms with van der Waals surface area (Å²) in [6, 6.07) is 0. The highest BCUT2D eigenvalue weighted by atomic mass is 16.6. The minimum Gasteiger partial charge on any atom is -0.373 e. The number of esters is 2. The molecule has 2 aromatic rings. The van der Waals surface area contributed by atoms with Crippen LogP contribution in [0.15, 0.2) is 24.5 Å². The van der Waals surface area contributed by atoms with Crippen LogP contribution in [0.3, 0.4) is 0 Å². The van der Waals surface area contributed by atoms with Crippen molar-refractivity contribution in [1.29, 1.82) is 0 Å². The van der Waals surface area contributed by atoms with Gasteiger partial charge in [0.25, 0.3) is 0 Å². The van der Waals surface area contributed by atoms with Crippen LogP contribution in [-0.2, 0) is 19.1 Å². The third-order valence-electron chi connectivity index (χ3n) is 2.03. The Balaban J connectivity index is 1.73. The quantitative estimate of drug-likeness (QED) is 0.316. The summed E-state index contributed by atoms with van der Waals surface area (Å²) in [4.78, 5) is 45.1. The molecule has 124 valence electrons. The number of nitrogens with zero attached hydrogens (tertiary/aromatic N) is 4. The number of amides is 2. The molecule has 0 aliphatic heterocycles. The van der Waals surface area contributed by atoms with E-state index in [1.165, 1.54) is 12.4 Å². The van der Waals surface area contributed by atoms with Crippen LogP contribution in [0.5, 0.6) is 0 Å². The lowest BCUT2D eigenvalue weighted by Gasteiger charge is -2.00. The van der Waals surface area contributed by atoms with Crippen LogP contribution in [0.4, 0.5) is 21.2 Å². The molecule has 2 heterocycles. The van der Waals surface area contributed by atoms with Crippen LogP contribution < -0.4 is 10.6 Å². The van der Waals surface area contributed by atoms with Gasteiger partial charge in [-0.25, -0.2) is 19.2 Å². The first-order chi connectivity index (χ1) is 11.5. The first-order valence-corrected chi connectivity index (χ1v) is 5.98. The fraction of sp³-hybridized carbons (Fsp3) is 0. The van der Waals surface area contributed by atoms with E-state index >= 15 is 0 Å². The number of hydrogen-bond acceptors (Lipinski definition) is 10. The van der Waals surface area contributed by atoms with Crippen molar-refractivity contribution in [1.82, 2.24) is 30.8 Å². The first kappa shape index (κ1) is 16.3. The van der Waals surface area contributed by atoms with Crippen molar-refractivity contribution in [2.45, 2.75) is 0 Å². The van der Waals surface area contributed by atoms with E-state index in [0.29, 0.717) is 12.2 Å². The van der Waals surface area contributed by atoms with Crippen LogP contribution in [-0.4, -0.2) is 54.9 Å². The molecule has 24 heavy (non-hydrogen) atoms. The lowest BCUT2D eigenvalue weighted by molar-refractivity contribution is -0.134. The smallest absolute Gasteiger partial charge is 0.373 e. The van der Waals surface area contributed by atoms with E-state index in [1.807, 2.05) is 0 Å². The van der Waals surface area contributed by atoms with Crippen molar-refractivity contribution in [2.75, 3.05) is 10.6 Å². The van der Waals surface area contributed by atoms with E-state index in [1.54, 1.807) is 0 Å². The third-order valence-corrected chi connectivity index (χ3v) is 2.03. The predicted octanol–water partition coefficient (Wildman–Crippen LogP) is -0.671. The second kappa shape index (κ2) is 7.78. The number of aromatic nitrogens is 6. The van der Waals surface area contributed by atoms with Crippen LogP contribution in [0.2, 0.25) is 0 Å². The number of anilines is 2. The average molecular weight is 336 g/mol. The van der Waals surface area contributed by atoms with Crippen molar-refractivity contribution >= 4 is 35.8 Å². The molecular formula is C10H8N8O6. The van der Waals surface area contributed by atoms with Crippen molar-refractivity contribution in [3.8, 4) is 0 Å². The molecule has 0 aliphatic rings. The maximum Gasteiger partial charge on any atom is 0.420 e. The molecule has 0 bridgehead atoms. The van der Waals surface area contributed by atoms with Crippen LogP contribution in [0, 0.1) is 0 Å². The average Bonchev–Trinajstić information content (AvgIpc) is 3.18. The van der Waals surface area contributed by atoms with Gasteiger partial charge in [0, 0.05) is 12.2 Å². The Labute approximate surface area is 131 Å². The highest BCUT2D eigenvalue weighted by Gasteiger charge is 2.12. The van der Waals surface area contributed by atoms with Gasteiger partial charge in [-0.1, -0.05) is 0 Å². The Morgan fingerprint density at radius 1 is 0.833 bits per heavy atom. The number of carbonyl (C=O) groups excluding carboxylic acids is 4. The van der Waals surface area contributed by atoms with E-state index < -0.39 is 24.1 Å². The lowest BCUT2D eigenvalue weighted by atomic mass is 10.5. The van der Waals surface area contributed by atoms with Crippen molar-refractivity contribution in [3.63, 3.8) is 0 Å². The summed E-state index contributed by atoms with van der Waals surface area (Å²) in [5.41, 5.74) is 0. The number of aromatic amines is 2. The zero-order valence-corrected chi connectivity index (χ0v) is 11.5. The number of carbonyl (C=O) groups is 4. The van der Waals surface area contributed by atoms with Gasteiger partial charge in [0.15, 0.2) is 11.6 Å². The number of H-pyrrole nitrogens is 2. The molecule has 0 fully saturated rings. The zero-order chi connectivity index (χ0) is 17.4. The summed E-state index contributed by atoms with van der Waals surface area (Å²) in [6.45, 7) is 0. The Morgan fingerprint density at radius 3 is 1.58 bits per heavy atom. The largest absolute Gasteiger partial charge is 0.420 e. The second-order valence-electron chi connectivity index (χ2n) is 3.71. The Hall–Kier alpha value is -4.10. The van der Waals surface area contributed by atoms with E-state index in [-0.39, 0.29) is 11.6 Å². The highest BCUT2D eigenvalue weighted by molar-refractivity contribution is 6.01.